The van der Waals surface area contributed by atoms with Crippen LogP contribution in [-0.2, 0) is 0 Å². The number of amides is 2. The summed E-state index contributed by atoms with van der Waals surface area (Å²) in [5, 5.41) is 2.96. The van der Waals surface area contributed by atoms with Gasteiger partial charge in [0.25, 0.3) is 0 Å². The number of ether oxygens (including phenoxy) is 2. The first kappa shape index (κ1) is 15.5. The summed E-state index contributed by atoms with van der Waals surface area (Å²) in [6.45, 7) is 4.96. The van der Waals surface area contributed by atoms with Crippen LogP contribution in [0.4, 0.5) is 4.79 Å². The maximum absolute atomic E-state index is 11.9. The summed E-state index contributed by atoms with van der Waals surface area (Å²) in [5.41, 5.74) is 0. The molecule has 1 aromatic rings. The summed E-state index contributed by atoms with van der Waals surface area (Å²) < 4.78 is 11.0. The molecule has 1 aliphatic rings. The smallest absolute Gasteiger partial charge is 0.317 e. The van der Waals surface area contributed by atoms with E-state index in [9.17, 15) is 4.79 Å². The van der Waals surface area contributed by atoms with Gasteiger partial charge >= 0.3 is 6.03 Å². The second-order valence-electron chi connectivity index (χ2n) is 5.45. The molecular formula is C16H24N2O3. The second-order valence-corrected chi connectivity index (χ2v) is 5.45. The van der Waals surface area contributed by atoms with Gasteiger partial charge in [0, 0.05) is 25.6 Å². The number of likely N-dealkylation sites (tertiary alicyclic amines) is 1. The van der Waals surface area contributed by atoms with E-state index < -0.39 is 0 Å². The number of para-hydroxylation sites is 2. The van der Waals surface area contributed by atoms with Gasteiger partial charge in [-0.2, -0.15) is 0 Å². The molecule has 0 saturated carbocycles. The van der Waals surface area contributed by atoms with E-state index in [1.165, 1.54) is 0 Å². The Balaban J connectivity index is 1.71. The van der Waals surface area contributed by atoms with Crippen molar-refractivity contribution in [2.24, 2.45) is 5.92 Å². The van der Waals surface area contributed by atoms with Crippen molar-refractivity contribution < 1.29 is 14.3 Å². The lowest BCUT2D eigenvalue weighted by molar-refractivity contribution is 0.201. The van der Waals surface area contributed by atoms with Gasteiger partial charge in [0.1, 0.15) is 0 Å². The van der Waals surface area contributed by atoms with E-state index in [-0.39, 0.29) is 11.9 Å². The van der Waals surface area contributed by atoms with Crippen LogP contribution in [0.25, 0.3) is 0 Å². The molecule has 116 valence electrons. The number of benzene rings is 1. The first-order valence-corrected chi connectivity index (χ1v) is 7.49. The highest BCUT2D eigenvalue weighted by molar-refractivity contribution is 5.74. The highest BCUT2D eigenvalue weighted by Gasteiger charge is 2.18. The number of carbonyl (C=O) groups is 1. The summed E-state index contributed by atoms with van der Waals surface area (Å²) in [4.78, 5) is 13.7. The van der Waals surface area contributed by atoms with E-state index in [0.29, 0.717) is 13.2 Å². The Morgan fingerprint density at radius 2 is 1.95 bits per heavy atom. The second kappa shape index (κ2) is 7.76. The quantitative estimate of drug-likeness (QED) is 0.876. The first-order valence-electron chi connectivity index (χ1n) is 7.49. The zero-order valence-electron chi connectivity index (χ0n) is 12.8. The van der Waals surface area contributed by atoms with Crippen molar-refractivity contribution in [3.8, 4) is 11.5 Å². The molecule has 5 nitrogen and oxygen atoms in total. The summed E-state index contributed by atoms with van der Waals surface area (Å²) in [6, 6.07) is 7.61. The van der Waals surface area contributed by atoms with E-state index in [1.807, 2.05) is 29.2 Å². The molecule has 0 bridgehead atoms. The van der Waals surface area contributed by atoms with Crippen LogP contribution in [0, 0.1) is 5.92 Å². The van der Waals surface area contributed by atoms with Gasteiger partial charge in [-0.05, 0) is 25.0 Å². The average molecular weight is 292 g/mol. The van der Waals surface area contributed by atoms with Gasteiger partial charge in [0.2, 0.25) is 0 Å². The van der Waals surface area contributed by atoms with Crippen LogP contribution in [0.5, 0.6) is 11.5 Å². The predicted molar refractivity (Wildman–Crippen MR) is 81.9 cm³/mol. The number of rotatable bonds is 6. The highest BCUT2D eigenvalue weighted by atomic mass is 16.5. The summed E-state index contributed by atoms with van der Waals surface area (Å²) in [7, 11) is 1.63. The summed E-state index contributed by atoms with van der Waals surface area (Å²) in [6.07, 6.45) is 2.22. The average Bonchev–Trinajstić information content (AvgIpc) is 3.05. The van der Waals surface area contributed by atoms with E-state index in [4.69, 9.17) is 9.47 Å². The molecule has 1 aromatic carbocycles. The van der Waals surface area contributed by atoms with Crippen LogP contribution in [0.2, 0.25) is 0 Å². The van der Waals surface area contributed by atoms with Crippen molar-refractivity contribution in [1.82, 2.24) is 10.2 Å². The highest BCUT2D eigenvalue weighted by Crippen LogP contribution is 2.26. The predicted octanol–water partition coefficient (Wildman–Crippen LogP) is 2.52. The minimum Gasteiger partial charge on any atom is -0.493 e. The Morgan fingerprint density at radius 3 is 2.62 bits per heavy atom. The summed E-state index contributed by atoms with van der Waals surface area (Å²) in [5.74, 6) is 1.70. The molecule has 0 unspecified atom stereocenters. The van der Waals surface area contributed by atoms with Crippen molar-refractivity contribution in [3.05, 3.63) is 24.3 Å². The zero-order valence-corrected chi connectivity index (χ0v) is 12.8. The standard InChI is InChI=1S/C16H24N2O3/c1-13(11-17-16(19)18-9-5-6-10-18)12-21-15-8-4-3-7-14(15)20-2/h3-4,7-8,13H,5-6,9-12H2,1-2H3,(H,17,19)/t13-/m0/s1. The van der Waals surface area contributed by atoms with Crippen LogP contribution < -0.4 is 14.8 Å². The lowest BCUT2D eigenvalue weighted by Crippen LogP contribution is -2.40. The number of urea groups is 1. The molecule has 1 atom stereocenters. The number of hydrogen-bond acceptors (Lipinski definition) is 3. The van der Waals surface area contributed by atoms with E-state index in [1.54, 1.807) is 7.11 Å². The van der Waals surface area contributed by atoms with Crippen LogP contribution in [0.3, 0.4) is 0 Å². The number of methoxy groups -OCH3 is 1. The number of nitrogens with one attached hydrogen (secondary N) is 1. The third kappa shape index (κ3) is 4.55. The molecule has 1 aliphatic heterocycles. The van der Waals surface area contributed by atoms with Gasteiger partial charge in [0.15, 0.2) is 11.5 Å². The van der Waals surface area contributed by atoms with Gasteiger partial charge < -0.3 is 19.7 Å². The molecule has 1 saturated heterocycles. The molecule has 1 fully saturated rings. The molecular weight excluding hydrogens is 268 g/mol. The molecule has 2 amide bonds. The van der Waals surface area contributed by atoms with E-state index in [0.717, 1.165) is 37.4 Å². The molecule has 21 heavy (non-hydrogen) atoms. The lowest BCUT2D eigenvalue weighted by atomic mass is 10.2. The lowest BCUT2D eigenvalue weighted by Gasteiger charge is -2.19. The Labute approximate surface area is 126 Å². The zero-order chi connectivity index (χ0) is 15.1. The Kier molecular flexibility index (Phi) is 5.72. The Morgan fingerprint density at radius 1 is 1.29 bits per heavy atom. The fraction of sp³-hybridized carbons (Fsp3) is 0.562. The molecule has 0 spiro atoms. The normalized spacial score (nSPS) is 15.6. The monoisotopic (exact) mass is 292 g/mol. The minimum atomic E-state index is 0.0386. The van der Waals surface area contributed by atoms with Crippen LogP contribution in [0.1, 0.15) is 19.8 Å². The van der Waals surface area contributed by atoms with Crippen LogP contribution >= 0.6 is 0 Å². The maximum atomic E-state index is 11.9. The third-order valence-electron chi connectivity index (χ3n) is 3.59. The van der Waals surface area contributed by atoms with Crippen molar-refractivity contribution in [1.29, 1.82) is 0 Å². The molecule has 0 radical (unpaired) electrons. The molecule has 1 heterocycles. The van der Waals surface area contributed by atoms with Crippen LogP contribution in [0.15, 0.2) is 24.3 Å². The van der Waals surface area contributed by atoms with Gasteiger partial charge in [0.05, 0.1) is 13.7 Å². The number of hydrogen-bond donors (Lipinski definition) is 1. The van der Waals surface area contributed by atoms with E-state index in [2.05, 4.69) is 12.2 Å². The van der Waals surface area contributed by atoms with Crippen molar-refractivity contribution >= 4 is 6.03 Å². The van der Waals surface area contributed by atoms with Gasteiger partial charge in [-0.25, -0.2) is 4.79 Å². The van der Waals surface area contributed by atoms with Gasteiger partial charge in [-0.15, -0.1) is 0 Å². The topological polar surface area (TPSA) is 50.8 Å². The van der Waals surface area contributed by atoms with Gasteiger partial charge in [-0.1, -0.05) is 19.1 Å². The Hall–Kier alpha value is -1.91. The first-order chi connectivity index (χ1) is 10.2. The van der Waals surface area contributed by atoms with Crippen molar-refractivity contribution in [3.63, 3.8) is 0 Å². The molecule has 5 heteroatoms. The number of carbonyl (C=O) groups excluding carboxylic acids is 1. The largest absolute Gasteiger partial charge is 0.493 e. The maximum Gasteiger partial charge on any atom is 0.317 e. The summed E-state index contributed by atoms with van der Waals surface area (Å²) >= 11 is 0. The minimum absolute atomic E-state index is 0.0386. The number of nitrogens with zero attached hydrogens (tertiary/aromatic N) is 1. The van der Waals surface area contributed by atoms with E-state index >= 15 is 0 Å². The fourth-order valence-electron chi connectivity index (χ4n) is 2.32. The van der Waals surface area contributed by atoms with Crippen molar-refractivity contribution in [2.45, 2.75) is 19.8 Å². The SMILES string of the molecule is COc1ccccc1OC[C@@H](C)CNC(=O)N1CCCC1. The fourth-order valence-corrected chi connectivity index (χ4v) is 2.32. The molecule has 1 N–H and O–H groups in total. The van der Waals surface area contributed by atoms with Crippen LogP contribution in [-0.4, -0.2) is 44.3 Å². The Bertz CT molecular complexity index is 459. The van der Waals surface area contributed by atoms with Gasteiger partial charge in [-0.3, -0.25) is 0 Å². The molecule has 2 rings (SSSR count). The molecule has 0 aliphatic carbocycles. The van der Waals surface area contributed by atoms with Crippen molar-refractivity contribution in [2.75, 3.05) is 33.4 Å². The molecule has 0 aromatic heterocycles. The third-order valence-corrected chi connectivity index (χ3v) is 3.59.